The number of nitrogens with one attached hydrogen (secondary N) is 1. The Morgan fingerprint density at radius 1 is 1.44 bits per heavy atom. The van der Waals surface area contributed by atoms with Gasteiger partial charge < -0.3 is 10.2 Å². The van der Waals surface area contributed by atoms with Crippen LogP contribution in [-0.4, -0.2) is 35.3 Å². The molecule has 0 spiro atoms. The van der Waals surface area contributed by atoms with Crippen LogP contribution in [0.1, 0.15) is 45.4 Å². The summed E-state index contributed by atoms with van der Waals surface area (Å²) in [6, 6.07) is 0.210. The smallest absolute Gasteiger partial charge is 0.245 e. The van der Waals surface area contributed by atoms with Crippen molar-refractivity contribution in [2.45, 2.75) is 57.5 Å². The van der Waals surface area contributed by atoms with E-state index >= 15 is 0 Å². The minimum Gasteiger partial charge on any atom is -0.344 e. The van der Waals surface area contributed by atoms with Gasteiger partial charge in [-0.15, -0.1) is 0 Å². The van der Waals surface area contributed by atoms with Crippen LogP contribution < -0.4 is 5.32 Å². The Labute approximate surface area is 96.4 Å². The van der Waals surface area contributed by atoms with E-state index < -0.39 is 0 Å². The first kappa shape index (κ1) is 11.4. The van der Waals surface area contributed by atoms with Gasteiger partial charge in [0.15, 0.2) is 0 Å². The summed E-state index contributed by atoms with van der Waals surface area (Å²) in [5.74, 6) is 0.159. The maximum Gasteiger partial charge on any atom is 0.245 e. The summed E-state index contributed by atoms with van der Waals surface area (Å²) in [7, 11) is 0. The first-order valence-electron chi connectivity index (χ1n) is 6.32. The Kier molecular flexibility index (Phi) is 3.46. The summed E-state index contributed by atoms with van der Waals surface area (Å²) in [5.41, 5.74) is 0. The zero-order valence-corrected chi connectivity index (χ0v) is 9.87. The Hall–Kier alpha value is -1.06. The van der Waals surface area contributed by atoms with Crippen LogP contribution >= 0.6 is 0 Å². The fourth-order valence-electron chi connectivity index (χ4n) is 2.19. The van der Waals surface area contributed by atoms with Crippen LogP contribution in [0.4, 0.5) is 0 Å². The van der Waals surface area contributed by atoms with E-state index in [0.29, 0.717) is 18.9 Å². The summed E-state index contributed by atoms with van der Waals surface area (Å²) in [4.78, 5) is 25.3. The Bertz CT molecular complexity index is 287. The highest BCUT2D eigenvalue weighted by Gasteiger charge is 2.37. The molecular formula is C12H20N2O2. The Morgan fingerprint density at radius 2 is 2.19 bits per heavy atom. The van der Waals surface area contributed by atoms with Crippen molar-refractivity contribution >= 4 is 11.8 Å². The van der Waals surface area contributed by atoms with E-state index in [4.69, 9.17) is 0 Å². The third-order valence-corrected chi connectivity index (χ3v) is 3.32. The highest BCUT2D eigenvalue weighted by molar-refractivity contribution is 5.91. The lowest BCUT2D eigenvalue weighted by molar-refractivity contribution is -0.135. The van der Waals surface area contributed by atoms with Crippen molar-refractivity contribution in [3.8, 4) is 0 Å². The number of hydrogen-bond donors (Lipinski definition) is 1. The molecular weight excluding hydrogens is 204 g/mol. The van der Waals surface area contributed by atoms with Crippen molar-refractivity contribution in [2.24, 2.45) is 0 Å². The average Bonchev–Trinajstić information content (AvgIpc) is 3.01. The second-order valence-electron chi connectivity index (χ2n) is 4.78. The van der Waals surface area contributed by atoms with Gasteiger partial charge >= 0.3 is 0 Å². The van der Waals surface area contributed by atoms with Gasteiger partial charge in [-0.05, 0) is 25.7 Å². The lowest BCUT2D eigenvalue weighted by atomic mass is 10.2. The van der Waals surface area contributed by atoms with Crippen LogP contribution in [0.2, 0.25) is 0 Å². The molecule has 1 saturated heterocycles. The summed E-state index contributed by atoms with van der Waals surface area (Å²) in [5, 5.41) is 2.76. The van der Waals surface area contributed by atoms with Crippen LogP contribution in [0.5, 0.6) is 0 Å². The van der Waals surface area contributed by atoms with Gasteiger partial charge in [0.05, 0.1) is 0 Å². The molecule has 1 unspecified atom stereocenters. The predicted octanol–water partition coefficient (Wildman–Crippen LogP) is 1.06. The molecule has 1 heterocycles. The van der Waals surface area contributed by atoms with E-state index in [-0.39, 0.29) is 17.9 Å². The lowest BCUT2D eigenvalue weighted by Gasteiger charge is -2.25. The second kappa shape index (κ2) is 4.85. The molecule has 1 saturated carbocycles. The molecule has 0 aromatic rings. The number of unbranched alkanes of at least 4 members (excludes halogenated alkanes) is 1. The van der Waals surface area contributed by atoms with Crippen LogP contribution in [0.25, 0.3) is 0 Å². The molecule has 4 nitrogen and oxygen atoms in total. The fraction of sp³-hybridized carbons (Fsp3) is 0.833. The van der Waals surface area contributed by atoms with Crippen molar-refractivity contribution in [3.63, 3.8) is 0 Å². The Balaban J connectivity index is 1.91. The van der Waals surface area contributed by atoms with Crippen LogP contribution in [0.3, 0.4) is 0 Å². The van der Waals surface area contributed by atoms with E-state index in [1.54, 1.807) is 0 Å². The normalized spacial score (nSPS) is 24.3. The van der Waals surface area contributed by atoms with Crippen molar-refractivity contribution in [3.05, 3.63) is 0 Å². The highest BCUT2D eigenvalue weighted by atomic mass is 16.2. The predicted molar refractivity (Wildman–Crippen MR) is 60.8 cm³/mol. The third-order valence-electron chi connectivity index (χ3n) is 3.32. The van der Waals surface area contributed by atoms with Gasteiger partial charge in [-0.3, -0.25) is 9.59 Å². The van der Waals surface area contributed by atoms with E-state index in [1.165, 1.54) is 0 Å². The molecule has 0 radical (unpaired) electrons. The fourth-order valence-corrected chi connectivity index (χ4v) is 2.19. The minimum absolute atomic E-state index is 0.0181. The molecule has 90 valence electrons. The van der Waals surface area contributed by atoms with Crippen molar-refractivity contribution in [1.29, 1.82) is 0 Å². The van der Waals surface area contributed by atoms with Gasteiger partial charge in [0.2, 0.25) is 11.8 Å². The number of carbonyl (C=O) groups is 2. The minimum atomic E-state index is -0.245. The van der Waals surface area contributed by atoms with Crippen LogP contribution in [0, 0.1) is 0 Å². The zero-order chi connectivity index (χ0) is 11.5. The number of rotatable bonds is 5. The summed E-state index contributed by atoms with van der Waals surface area (Å²) >= 11 is 0. The molecule has 0 aromatic carbocycles. The second-order valence-corrected chi connectivity index (χ2v) is 4.78. The van der Waals surface area contributed by atoms with E-state index in [2.05, 4.69) is 12.2 Å². The largest absolute Gasteiger partial charge is 0.344 e. The molecule has 1 N–H and O–H groups in total. The molecule has 1 aliphatic carbocycles. The number of amides is 2. The molecule has 1 aliphatic heterocycles. The highest BCUT2D eigenvalue weighted by Crippen LogP contribution is 2.28. The Morgan fingerprint density at radius 3 is 2.69 bits per heavy atom. The quantitative estimate of drug-likeness (QED) is 0.759. The maximum absolute atomic E-state index is 12.2. The van der Waals surface area contributed by atoms with Gasteiger partial charge in [0, 0.05) is 19.0 Å². The van der Waals surface area contributed by atoms with Crippen molar-refractivity contribution in [2.75, 3.05) is 6.54 Å². The standard InChI is InChI=1S/C12H20N2O2/c1-2-3-8-14(9-4-5-9)12(16)10-6-7-11(15)13-10/h9-10H,2-8H2,1H3,(H,13,15). The molecule has 0 bridgehead atoms. The van der Waals surface area contributed by atoms with Crippen LogP contribution in [0.15, 0.2) is 0 Å². The molecule has 2 aliphatic rings. The van der Waals surface area contributed by atoms with Crippen molar-refractivity contribution < 1.29 is 9.59 Å². The van der Waals surface area contributed by atoms with Crippen molar-refractivity contribution in [1.82, 2.24) is 10.2 Å². The zero-order valence-electron chi connectivity index (χ0n) is 9.87. The van der Waals surface area contributed by atoms with E-state index in [9.17, 15) is 9.59 Å². The maximum atomic E-state index is 12.2. The molecule has 2 rings (SSSR count). The van der Waals surface area contributed by atoms with E-state index in [1.807, 2.05) is 4.90 Å². The molecule has 0 aromatic heterocycles. The monoisotopic (exact) mass is 224 g/mol. The summed E-state index contributed by atoms with van der Waals surface area (Å²) < 4.78 is 0. The summed E-state index contributed by atoms with van der Waals surface area (Å²) in [6.45, 7) is 2.99. The average molecular weight is 224 g/mol. The lowest BCUT2D eigenvalue weighted by Crippen LogP contribution is -2.45. The first-order chi connectivity index (χ1) is 7.72. The molecule has 2 fully saturated rings. The van der Waals surface area contributed by atoms with Crippen LogP contribution in [-0.2, 0) is 9.59 Å². The summed E-state index contributed by atoms with van der Waals surface area (Å²) in [6.07, 6.45) is 5.61. The SMILES string of the molecule is CCCCN(C(=O)C1CCC(=O)N1)C1CC1. The molecule has 2 amide bonds. The van der Waals surface area contributed by atoms with Gasteiger partial charge in [-0.1, -0.05) is 13.3 Å². The molecule has 16 heavy (non-hydrogen) atoms. The van der Waals surface area contributed by atoms with E-state index in [0.717, 1.165) is 32.2 Å². The molecule has 4 heteroatoms. The number of nitrogens with zero attached hydrogens (tertiary/aromatic N) is 1. The number of carbonyl (C=O) groups excluding carboxylic acids is 2. The van der Waals surface area contributed by atoms with Gasteiger partial charge in [0.1, 0.15) is 6.04 Å². The first-order valence-corrected chi connectivity index (χ1v) is 6.32. The third kappa shape index (κ3) is 2.54. The van der Waals surface area contributed by atoms with Gasteiger partial charge in [-0.25, -0.2) is 0 Å². The van der Waals surface area contributed by atoms with Gasteiger partial charge in [0.25, 0.3) is 0 Å². The van der Waals surface area contributed by atoms with Gasteiger partial charge in [-0.2, -0.15) is 0 Å². The number of hydrogen-bond acceptors (Lipinski definition) is 2. The molecule has 1 atom stereocenters. The topological polar surface area (TPSA) is 49.4 Å².